The molecule has 0 spiro atoms. The van der Waals surface area contributed by atoms with Gasteiger partial charge in [-0.25, -0.2) is 9.37 Å². The fourth-order valence-electron chi connectivity index (χ4n) is 4.74. The number of nitrogens with zero attached hydrogens (tertiary/aromatic N) is 1. The second-order valence-corrected chi connectivity index (χ2v) is 11.9. The lowest BCUT2D eigenvalue weighted by molar-refractivity contribution is -0.265. The van der Waals surface area contributed by atoms with Crippen molar-refractivity contribution in [1.82, 2.24) is 15.6 Å². The van der Waals surface area contributed by atoms with Crippen LogP contribution in [0.25, 0.3) is 11.3 Å². The van der Waals surface area contributed by atoms with Gasteiger partial charge in [0, 0.05) is 16.7 Å². The normalized spacial score (nSPS) is 17.0. The number of rotatable bonds is 11. The first-order valence-corrected chi connectivity index (χ1v) is 14.3. The van der Waals surface area contributed by atoms with Gasteiger partial charge in [-0.15, -0.1) is 0 Å². The molecule has 2 aromatic carbocycles. The Morgan fingerprint density at radius 2 is 1.82 bits per heavy atom. The number of ether oxygens (including phenoxy) is 3. The van der Waals surface area contributed by atoms with Crippen molar-refractivity contribution in [2.75, 3.05) is 26.9 Å². The predicted molar refractivity (Wildman–Crippen MR) is 154 cm³/mol. The molecule has 0 bridgehead atoms. The molecule has 1 aliphatic heterocycles. The van der Waals surface area contributed by atoms with Crippen LogP contribution in [0.5, 0.6) is 11.5 Å². The van der Waals surface area contributed by atoms with E-state index in [-0.39, 0.29) is 39.7 Å². The topological polar surface area (TPSA) is 102 Å². The van der Waals surface area contributed by atoms with Crippen molar-refractivity contribution in [3.05, 3.63) is 76.2 Å². The highest BCUT2D eigenvalue weighted by molar-refractivity contribution is 6.31. The molecule has 1 aliphatic carbocycles. The number of alkyl halides is 3. The van der Waals surface area contributed by atoms with Crippen molar-refractivity contribution < 1.29 is 41.7 Å². The quantitative estimate of drug-likeness (QED) is 0.239. The molecule has 1 atom stereocenters. The Labute approximate surface area is 256 Å². The Hall–Kier alpha value is -3.45. The highest BCUT2D eigenvalue weighted by atomic mass is 35.5. The van der Waals surface area contributed by atoms with Gasteiger partial charge in [-0.3, -0.25) is 4.79 Å². The van der Waals surface area contributed by atoms with E-state index in [2.05, 4.69) is 15.6 Å². The van der Waals surface area contributed by atoms with Crippen LogP contribution >= 0.6 is 11.6 Å². The van der Waals surface area contributed by atoms with Crippen LogP contribution in [0.15, 0.2) is 48.5 Å². The molecule has 13 heteroatoms. The van der Waals surface area contributed by atoms with Crippen molar-refractivity contribution in [1.29, 1.82) is 0 Å². The van der Waals surface area contributed by atoms with Crippen LogP contribution in [0.4, 0.5) is 17.6 Å². The fraction of sp³-hybridized carbons (Fsp3) is 0.419. The Morgan fingerprint density at radius 3 is 2.41 bits per heavy atom. The Balaban J connectivity index is 1.50. The molecule has 236 valence electrons. The predicted octanol–water partition coefficient (Wildman–Crippen LogP) is 5.49. The average Bonchev–Trinajstić information content (AvgIpc) is 3.78. The minimum atomic E-state index is -5.26. The molecule has 1 amide bonds. The maximum absolute atomic E-state index is 14.7. The molecule has 3 N–H and O–H groups in total. The highest BCUT2D eigenvalue weighted by Gasteiger charge is 2.56. The number of carbonyl (C=O) groups is 1. The van der Waals surface area contributed by atoms with E-state index in [1.807, 2.05) is 0 Å². The van der Waals surface area contributed by atoms with Crippen LogP contribution < -0.4 is 20.1 Å². The fourth-order valence-corrected chi connectivity index (χ4v) is 4.92. The second kappa shape index (κ2) is 12.2. The maximum atomic E-state index is 14.7. The first-order chi connectivity index (χ1) is 20.7. The molecule has 0 radical (unpaired) electrons. The van der Waals surface area contributed by atoms with Crippen LogP contribution in [-0.2, 0) is 15.9 Å². The molecule has 8 nitrogen and oxygen atoms in total. The number of hydrogen-bond donors (Lipinski definition) is 3. The van der Waals surface area contributed by atoms with Gasteiger partial charge in [-0.2, -0.15) is 13.2 Å². The molecular formula is C31H32ClF4N3O5. The van der Waals surface area contributed by atoms with Crippen LogP contribution in [0, 0.1) is 5.82 Å². The number of benzene rings is 2. The molecular weight excluding hydrogens is 606 g/mol. The zero-order valence-electron chi connectivity index (χ0n) is 24.2. The summed E-state index contributed by atoms with van der Waals surface area (Å²) in [5.41, 5.74) is -4.65. The van der Waals surface area contributed by atoms with E-state index in [0.717, 1.165) is 25.0 Å². The maximum Gasteiger partial charge on any atom is 0.424 e. The summed E-state index contributed by atoms with van der Waals surface area (Å²) in [4.78, 5) is 17.2. The van der Waals surface area contributed by atoms with E-state index in [4.69, 9.17) is 25.8 Å². The van der Waals surface area contributed by atoms with Gasteiger partial charge in [-0.05, 0) is 80.8 Å². The third-order valence-electron chi connectivity index (χ3n) is 7.61. The number of methoxy groups -OCH3 is 1. The van der Waals surface area contributed by atoms with E-state index >= 15 is 0 Å². The molecule has 2 aliphatic rings. The van der Waals surface area contributed by atoms with Gasteiger partial charge in [0.05, 0.1) is 55.4 Å². The van der Waals surface area contributed by atoms with Gasteiger partial charge < -0.3 is 30.0 Å². The lowest BCUT2D eigenvalue weighted by Crippen LogP contribution is -2.54. The summed E-state index contributed by atoms with van der Waals surface area (Å²) in [5, 5.41) is 16.6. The third kappa shape index (κ3) is 6.78. The second-order valence-electron chi connectivity index (χ2n) is 11.5. The van der Waals surface area contributed by atoms with E-state index in [1.165, 1.54) is 37.4 Å². The SMILES string of the molecule is COc1cc(C(=O)NCC(O)(c2cc(C(C)(C)NC3COC3)cc(-c3ccc(F)c(Cl)c3)n2)C(F)(F)F)ccc1OC1CC1. The molecule has 1 saturated carbocycles. The Morgan fingerprint density at radius 1 is 1.09 bits per heavy atom. The minimum Gasteiger partial charge on any atom is -0.493 e. The number of aliphatic hydroxyl groups is 1. The summed E-state index contributed by atoms with van der Waals surface area (Å²) in [5.74, 6) is -0.925. The summed E-state index contributed by atoms with van der Waals surface area (Å²) in [7, 11) is 1.39. The number of hydrogen-bond acceptors (Lipinski definition) is 7. The third-order valence-corrected chi connectivity index (χ3v) is 7.90. The van der Waals surface area contributed by atoms with Gasteiger partial charge in [0.2, 0.25) is 5.60 Å². The molecule has 1 unspecified atom stereocenters. The lowest BCUT2D eigenvalue weighted by atomic mass is 9.88. The summed E-state index contributed by atoms with van der Waals surface area (Å²) >= 11 is 5.97. The average molecular weight is 638 g/mol. The molecule has 1 aromatic heterocycles. The Bertz CT molecular complexity index is 1550. The summed E-state index contributed by atoms with van der Waals surface area (Å²) in [6, 6.07) is 10.6. The number of nitrogens with one attached hydrogen (secondary N) is 2. The van der Waals surface area contributed by atoms with Crippen molar-refractivity contribution in [3.63, 3.8) is 0 Å². The number of pyridine rings is 1. The van der Waals surface area contributed by atoms with Crippen LogP contribution in [0.1, 0.15) is 48.3 Å². The molecule has 2 fully saturated rings. The van der Waals surface area contributed by atoms with Crippen LogP contribution in [-0.4, -0.2) is 61.2 Å². The summed E-state index contributed by atoms with van der Waals surface area (Å²) < 4.78 is 74.3. The van der Waals surface area contributed by atoms with Crippen molar-refractivity contribution >= 4 is 17.5 Å². The summed E-state index contributed by atoms with van der Waals surface area (Å²) in [6.07, 6.45) is -3.40. The largest absolute Gasteiger partial charge is 0.493 e. The standard InChI is InChI=1S/C31H32ClF4N3O5/c1-29(2,39-20-14-43-15-20)19-12-24(17-4-8-23(33)22(32)10-17)38-27(13-19)30(41,31(34,35)36)16-37-28(40)18-5-9-25(26(11-18)42-3)44-21-6-7-21/h4-5,8-13,20-21,39,41H,6-7,14-16H2,1-3H3,(H,37,40). The van der Waals surface area contributed by atoms with E-state index in [9.17, 15) is 27.5 Å². The number of halogens is 5. The van der Waals surface area contributed by atoms with Crippen molar-refractivity contribution in [3.8, 4) is 22.8 Å². The Kier molecular flexibility index (Phi) is 8.83. The van der Waals surface area contributed by atoms with E-state index in [0.29, 0.717) is 24.5 Å². The molecule has 44 heavy (non-hydrogen) atoms. The van der Waals surface area contributed by atoms with Crippen molar-refractivity contribution in [2.24, 2.45) is 0 Å². The van der Waals surface area contributed by atoms with Gasteiger partial charge >= 0.3 is 6.18 Å². The number of carbonyl (C=O) groups excluding carboxylic acids is 1. The molecule has 3 aromatic rings. The molecule has 2 heterocycles. The van der Waals surface area contributed by atoms with Gasteiger partial charge in [0.25, 0.3) is 5.91 Å². The van der Waals surface area contributed by atoms with E-state index in [1.54, 1.807) is 19.9 Å². The molecule has 5 rings (SSSR count). The number of amides is 1. The number of aromatic nitrogens is 1. The lowest BCUT2D eigenvalue weighted by Gasteiger charge is -2.38. The van der Waals surface area contributed by atoms with Gasteiger partial charge in [0.15, 0.2) is 11.5 Å². The zero-order chi connectivity index (χ0) is 31.9. The minimum absolute atomic E-state index is 0.00549. The van der Waals surface area contributed by atoms with Crippen LogP contribution in [0.2, 0.25) is 5.02 Å². The van der Waals surface area contributed by atoms with Gasteiger partial charge in [-0.1, -0.05) is 11.6 Å². The van der Waals surface area contributed by atoms with Crippen LogP contribution in [0.3, 0.4) is 0 Å². The first-order valence-electron chi connectivity index (χ1n) is 14.0. The highest BCUT2D eigenvalue weighted by Crippen LogP contribution is 2.41. The van der Waals surface area contributed by atoms with Crippen molar-refractivity contribution in [2.45, 2.75) is 56.2 Å². The summed E-state index contributed by atoms with van der Waals surface area (Å²) in [6.45, 7) is 3.15. The smallest absolute Gasteiger partial charge is 0.424 e. The first kappa shape index (κ1) is 32.0. The zero-order valence-corrected chi connectivity index (χ0v) is 25.0. The molecule has 1 saturated heterocycles. The van der Waals surface area contributed by atoms with E-state index < -0.39 is 41.3 Å². The monoisotopic (exact) mass is 637 g/mol. The van der Waals surface area contributed by atoms with Gasteiger partial charge in [0.1, 0.15) is 5.82 Å².